The fraction of sp³-hybridized carbons (Fsp3) is 0.333. The van der Waals surface area contributed by atoms with E-state index < -0.39 is 0 Å². The summed E-state index contributed by atoms with van der Waals surface area (Å²) in [5, 5.41) is 7.13. The molecule has 0 amide bonds. The Labute approximate surface area is 58.6 Å². The summed E-state index contributed by atoms with van der Waals surface area (Å²) in [4.78, 5) is 4.18. The second-order valence-corrected chi connectivity index (χ2v) is 2.08. The summed E-state index contributed by atoms with van der Waals surface area (Å²) in [6.45, 7) is 1.78. The molecule has 52 valence electrons. The van der Waals surface area contributed by atoms with Gasteiger partial charge in [-0.25, -0.2) is 9.67 Å². The molecule has 0 bridgehead atoms. The highest BCUT2D eigenvalue weighted by Crippen LogP contribution is 1.88. The van der Waals surface area contributed by atoms with Gasteiger partial charge in [0.2, 0.25) is 5.96 Å². The van der Waals surface area contributed by atoms with E-state index in [9.17, 15) is 0 Å². The van der Waals surface area contributed by atoms with Crippen LogP contribution in [-0.2, 0) is 0 Å². The van der Waals surface area contributed by atoms with E-state index in [1.807, 2.05) is 12.3 Å². The third-order valence-electron chi connectivity index (χ3n) is 1.38. The number of nitrogens with one attached hydrogen (secondary N) is 1. The molecule has 1 aromatic heterocycles. The van der Waals surface area contributed by atoms with Crippen LogP contribution >= 0.6 is 0 Å². The van der Waals surface area contributed by atoms with Crippen LogP contribution in [0.15, 0.2) is 23.5 Å². The van der Waals surface area contributed by atoms with Crippen LogP contribution in [0.5, 0.6) is 0 Å². The van der Waals surface area contributed by atoms with E-state index in [1.165, 1.54) is 0 Å². The molecule has 10 heavy (non-hydrogen) atoms. The van der Waals surface area contributed by atoms with E-state index in [0.717, 1.165) is 19.0 Å². The van der Waals surface area contributed by atoms with E-state index in [0.29, 0.717) is 0 Å². The molecule has 1 aromatic rings. The van der Waals surface area contributed by atoms with Gasteiger partial charge in [-0.1, -0.05) is 0 Å². The summed E-state index contributed by atoms with van der Waals surface area (Å²) in [6.07, 6.45) is 3.61. The maximum atomic E-state index is 4.18. The molecule has 1 aliphatic heterocycles. The SMILES string of the molecule is c1cnn(C2=NCCN2)c1. The van der Waals surface area contributed by atoms with Gasteiger partial charge in [0.1, 0.15) is 0 Å². The molecule has 0 atom stereocenters. The predicted octanol–water partition coefficient (Wildman–Crippen LogP) is -0.310. The van der Waals surface area contributed by atoms with Crippen molar-refractivity contribution in [2.45, 2.75) is 0 Å². The Bertz CT molecular complexity index is 236. The van der Waals surface area contributed by atoms with Crippen molar-refractivity contribution in [1.29, 1.82) is 0 Å². The lowest BCUT2D eigenvalue weighted by atomic mass is 10.7. The van der Waals surface area contributed by atoms with E-state index in [1.54, 1.807) is 10.9 Å². The first kappa shape index (κ1) is 5.46. The van der Waals surface area contributed by atoms with Crippen molar-refractivity contribution in [2.24, 2.45) is 4.99 Å². The topological polar surface area (TPSA) is 42.2 Å². The molecule has 0 saturated carbocycles. The quantitative estimate of drug-likeness (QED) is 0.531. The molecule has 0 radical (unpaired) electrons. The molecule has 0 aromatic carbocycles. The highest BCUT2D eigenvalue weighted by Gasteiger charge is 2.05. The zero-order valence-corrected chi connectivity index (χ0v) is 5.49. The van der Waals surface area contributed by atoms with E-state index in [4.69, 9.17) is 0 Å². The summed E-state index contributed by atoms with van der Waals surface area (Å²) in [5.41, 5.74) is 0. The molecule has 4 heteroatoms. The van der Waals surface area contributed by atoms with Crippen molar-refractivity contribution in [3.8, 4) is 0 Å². The summed E-state index contributed by atoms with van der Waals surface area (Å²) < 4.78 is 1.73. The molecule has 2 heterocycles. The van der Waals surface area contributed by atoms with Crippen molar-refractivity contribution < 1.29 is 0 Å². The van der Waals surface area contributed by atoms with Crippen LogP contribution in [-0.4, -0.2) is 28.8 Å². The zero-order valence-electron chi connectivity index (χ0n) is 5.49. The second kappa shape index (κ2) is 2.13. The summed E-state index contributed by atoms with van der Waals surface area (Å²) in [6, 6.07) is 1.88. The fourth-order valence-electron chi connectivity index (χ4n) is 0.933. The standard InChI is InChI=1S/C6H8N4/c1-2-9-10(5-1)6-7-3-4-8-6/h1-2,5H,3-4H2,(H,7,8). The molecule has 0 unspecified atom stereocenters. The minimum Gasteiger partial charge on any atom is -0.353 e. The van der Waals surface area contributed by atoms with Crippen LogP contribution < -0.4 is 5.32 Å². The Kier molecular flexibility index (Phi) is 1.16. The summed E-state index contributed by atoms with van der Waals surface area (Å²) in [5.74, 6) is 0.852. The molecule has 4 nitrogen and oxygen atoms in total. The van der Waals surface area contributed by atoms with Crippen LogP contribution in [0.3, 0.4) is 0 Å². The molecular formula is C6H8N4. The Morgan fingerprint density at radius 3 is 3.20 bits per heavy atom. The number of aromatic nitrogens is 2. The van der Waals surface area contributed by atoms with Gasteiger partial charge in [0, 0.05) is 18.9 Å². The maximum absolute atomic E-state index is 4.18. The fourth-order valence-corrected chi connectivity index (χ4v) is 0.933. The van der Waals surface area contributed by atoms with Gasteiger partial charge in [0.05, 0.1) is 6.54 Å². The van der Waals surface area contributed by atoms with Crippen LogP contribution in [0.4, 0.5) is 0 Å². The van der Waals surface area contributed by atoms with Gasteiger partial charge in [-0.2, -0.15) is 5.10 Å². The van der Waals surface area contributed by atoms with E-state index in [2.05, 4.69) is 15.4 Å². The number of hydrogen-bond acceptors (Lipinski definition) is 3. The molecule has 1 N–H and O–H groups in total. The van der Waals surface area contributed by atoms with E-state index in [-0.39, 0.29) is 0 Å². The van der Waals surface area contributed by atoms with E-state index >= 15 is 0 Å². The highest BCUT2D eigenvalue weighted by atomic mass is 15.4. The zero-order chi connectivity index (χ0) is 6.81. The number of aliphatic imine (C=N–C) groups is 1. The Balaban J connectivity index is 2.28. The first-order valence-electron chi connectivity index (χ1n) is 3.25. The molecule has 2 rings (SSSR count). The van der Waals surface area contributed by atoms with Gasteiger partial charge in [-0.3, -0.25) is 0 Å². The lowest BCUT2D eigenvalue weighted by molar-refractivity contribution is 0.874. The number of nitrogens with zero attached hydrogens (tertiary/aromatic N) is 3. The first-order chi connectivity index (χ1) is 4.97. The number of hydrogen-bond donors (Lipinski definition) is 1. The van der Waals surface area contributed by atoms with Crippen LogP contribution in [0, 0.1) is 0 Å². The third-order valence-corrected chi connectivity index (χ3v) is 1.38. The molecule has 0 spiro atoms. The van der Waals surface area contributed by atoms with Gasteiger partial charge in [0.25, 0.3) is 0 Å². The van der Waals surface area contributed by atoms with Crippen molar-refractivity contribution in [1.82, 2.24) is 15.1 Å². The maximum Gasteiger partial charge on any atom is 0.219 e. The molecule has 0 fully saturated rings. The Morgan fingerprint density at radius 2 is 2.60 bits per heavy atom. The van der Waals surface area contributed by atoms with Crippen LogP contribution in [0.2, 0.25) is 0 Å². The highest BCUT2D eigenvalue weighted by molar-refractivity contribution is 5.82. The normalized spacial score (nSPS) is 16.6. The second-order valence-electron chi connectivity index (χ2n) is 2.08. The third kappa shape index (κ3) is 0.775. The molecular weight excluding hydrogens is 128 g/mol. The van der Waals surface area contributed by atoms with Gasteiger partial charge in [-0.05, 0) is 6.07 Å². The first-order valence-corrected chi connectivity index (χ1v) is 3.25. The minimum absolute atomic E-state index is 0.852. The molecule has 0 saturated heterocycles. The van der Waals surface area contributed by atoms with Crippen LogP contribution in [0.25, 0.3) is 0 Å². The van der Waals surface area contributed by atoms with Gasteiger partial charge < -0.3 is 5.32 Å². The van der Waals surface area contributed by atoms with Crippen molar-refractivity contribution >= 4 is 5.96 Å². The number of rotatable bonds is 0. The predicted molar refractivity (Wildman–Crippen MR) is 37.9 cm³/mol. The van der Waals surface area contributed by atoms with Gasteiger partial charge in [0.15, 0.2) is 0 Å². The van der Waals surface area contributed by atoms with Gasteiger partial charge in [-0.15, -0.1) is 0 Å². The average Bonchev–Trinajstić information content (AvgIpc) is 2.59. The Hall–Kier alpha value is -1.32. The van der Waals surface area contributed by atoms with Crippen molar-refractivity contribution in [2.75, 3.05) is 13.1 Å². The minimum atomic E-state index is 0.852. The van der Waals surface area contributed by atoms with Crippen molar-refractivity contribution in [3.63, 3.8) is 0 Å². The Morgan fingerprint density at radius 1 is 1.60 bits per heavy atom. The van der Waals surface area contributed by atoms with Gasteiger partial charge >= 0.3 is 0 Å². The molecule has 0 aliphatic carbocycles. The largest absolute Gasteiger partial charge is 0.353 e. The summed E-state index contributed by atoms with van der Waals surface area (Å²) >= 11 is 0. The van der Waals surface area contributed by atoms with Crippen molar-refractivity contribution in [3.05, 3.63) is 18.5 Å². The molecule has 1 aliphatic rings. The lowest BCUT2D eigenvalue weighted by Gasteiger charge is -1.98. The monoisotopic (exact) mass is 136 g/mol. The van der Waals surface area contributed by atoms with Crippen LogP contribution in [0.1, 0.15) is 0 Å². The summed E-state index contributed by atoms with van der Waals surface area (Å²) in [7, 11) is 0. The average molecular weight is 136 g/mol. The smallest absolute Gasteiger partial charge is 0.219 e. The lowest BCUT2D eigenvalue weighted by Crippen LogP contribution is -2.26.